The maximum Gasteiger partial charge on any atom is 0.247 e. The van der Waals surface area contributed by atoms with E-state index in [-0.39, 0.29) is 6.04 Å². The van der Waals surface area contributed by atoms with Gasteiger partial charge in [-0.1, -0.05) is 18.0 Å². The van der Waals surface area contributed by atoms with Crippen LogP contribution in [-0.4, -0.2) is 16.7 Å². The predicted molar refractivity (Wildman–Crippen MR) is 69.3 cm³/mol. The molecule has 0 spiro atoms. The number of halogens is 1. The Balaban J connectivity index is 1.82. The minimum Gasteiger partial charge on any atom is -0.419 e. The highest BCUT2D eigenvalue weighted by Crippen LogP contribution is 2.25. The highest BCUT2D eigenvalue weighted by Gasteiger charge is 2.20. The fraction of sp³-hybridized carbons (Fsp3) is 0.385. The van der Waals surface area contributed by atoms with E-state index in [0.29, 0.717) is 16.8 Å². The number of nitrogens with zero attached hydrogens (tertiary/aromatic N) is 2. The molecule has 1 aliphatic heterocycles. The molecule has 1 N–H and O–H groups in total. The largest absolute Gasteiger partial charge is 0.419 e. The first-order chi connectivity index (χ1) is 8.83. The van der Waals surface area contributed by atoms with E-state index in [1.807, 2.05) is 24.3 Å². The molecule has 3 rings (SSSR count). The lowest BCUT2D eigenvalue weighted by atomic mass is 10.1. The molecule has 1 aliphatic rings. The van der Waals surface area contributed by atoms with E-state index in [4.69, 9.17) is 16.0 Å². The molecule has 0 saturated carbocycles. The first kappa shape index (κ1) is 11.7. The monoisotopic (exact) mass is 263 g/mol. The number of hydrogen-bond acceptors (Lipinski definition) is 4. The van der Waals surface area contributed by atoms with Crippen LogP contribution in [0.3, 0.4) is 0 Å². The van der Waals surface area contributed by atoms with Crippen LogP contribution in [0.5, 0.6) is 0 Å². The summed E-state index contributed by atoms with van der Waals surface area (Å²) in [7, 11) is 0. The molecule has 94 valence electrons. The van der Waals surface area contributed by atoms with Crippen molar-refractivity contribution in [1.82, 2.24) is 15.5 Å². The Kier molecular flexibility index (Phi) is 3.30. The summed E-state index contributed by atoms with van der Waals surface area (Å²) in [5, 5.41) is 12.3. The van der Waals surface area contributed by atoms with Gasteiger partial charge in [0, 0.05) is 10.6 Å². The van der Waals surface area contributed by atoms with Crippen molar-refractivity contribution < 1.29 is 4.42 Å². The molecule has 1 saturated heterocycles. The third-order valence-electron chi connectivity index (χ3n) is 3.14. The summed E-state index contributed by atoms with van der Waals surface area (Å²) in [6.07, 6.45) is 3.48. The van der Waals surface area contributed by atoms with Crippen molar-refractivity contribution in [1.29, 1.82) is 0 Å². The SMILES string of the molecule is Clc1ccc(-c2nnc([C@@H]3CCCCN3)o2)cc1. The average molecular weight is 264 g/mol. The van der Waals surface area contributed by atoms with E-state index in [9.17, 15) is 0 Å². The van der Waals surface area contributed by atoms with Crippen molar-refractivity contribution >= 4 is 11.6 Å². The second kappa shape index (κ2) is 5.08. The van der Waals surface area contributed by atoms with Crippen LogP contribution in [0.2, 0.25) is 5.02 Å². The number of aromatic nitrogens is 2. The van der Waals surface area contributed by atoms with Crippen molar-refractivity contribution in [3.63, 3.8) is 0 Å². The molecule has 0 amide bonds. The number of benzene rings is 1. The topological polar surface area (TPSA) is 51.0 Å². The maximum atomic E-state index is 5.85. The number of rotatable bonds is 2. The zero-order chi connectivity index (χ0) is 12.4. The molecule has 0 radical (unpaired) electrons. The van der Waals surface area contributed by atoms with Crippen LogP contribution >= 0.6 is 11.6 Å². The average Bonchev–Trinajstić information content (AvgIpc) is 2.90. The van der Waals surface area contributed by atoms with Gasteiger partial charge in [0.2, 0.25) is 11.8 Å². The van der Waals surface area contributed by atoms with Crippen molar-refractivity contribution in [3.05, 3.63) is 35.2 Å². The van der Waals surface area contributed by atoms with Gasteiger partial charge in [-0.2, -0.15) is 0 Å². The van der Waals surface area contributed by atoms with Crippen LogP contribution in [0.4, 0.5) is 0 Å². The van der Waals surface area contributed by atoms with Crippen LogP contribution in [0.1, 0.15) is 31.2 Å². The summed E-state index contributed by atoms with van der Waals surface area (Å²) >= 11 is 5.85. The van der Waals surface area contributed by atoms with E-state index in [1.165, 1.54) is 12.8 Å². The number of piperidine rings is 1. The van der Waals surface area contributed by atoms with Gasteiger partial charge in [0.25, 0.3) is 0 Å². The molecule has 1 aromatic carbocycles. The third kappa shape index (κ3) is 2.40. The predicted octanol–water partition coefficient (Wildman–Crippen LogP) is 3.20. The van der Waals surface area contributed by atoms with E-state index in [0.717, 1.165) is 18.5 Å². The van der Waals surface area contributed by atoms with Crippen molar-refractivity contribution in [2.75, 3.05) is 6.54 Å². The summed E-state index contributed by atoms with van der Waals surface area (Å²) < 4.78 is 5.72. The van der Waals surface area contributed by atoms with Gasteiger partial charge in [-0.25, -0.2) is 0 Å². The molecule has 0 unspecified atom stereocenters. The summed E-state index contributed by atoms with van der Waals surface area (Å²) in [6.45, 7) is 1.02. The summed E-state index contributed by atoms with van der Waals surface area (Å²) in [5.74, 6) is 1.23. The van der Waals surface area contributed by atoms with Crippen LogP contribution in [0.25, 0.3) is 11.5 Å². The zero-order valence-corrected chi connectivity index (χ0v) is 10.7. The van der Waals surface area contributed by atoms with Gasteiger partial charge in [-0.05, 0) is 43.7 Å². The second-order valence-corrected chi connectivity index (χ2v) is 4.89. The van der Waals surface area contributed by atoms with Gasteiger partial charge >= 0.3 is 0 Å². The highest BCUT2D eigenvalue weighted by molar-refractivity contribution is 6.30. The first-order valence-electron chi connectivity index (χ1n) is 6.15. The lowest BCUT2D eigenvalue weighted by molar-refractivity contribution is 0.342. The van der Waals surface area contributed by atoms with Gasteiger partial charge in [-0.15, -0.1) is 10.2 Å². The van der Waals surface area contributed by atoms with E-state index >= 15 is 0 Å². The molecule has 1 fully saturated rings. The minimum atomic E-state index is 0.201. The van der Waals surface area contributed by atoms with Crippen LogP contribution in [-0.2, 0) is 0 Å². The standard InChI is InChI=1S/C13H14ClN3O/c14-10-6-4-9(5-7-10)12-16-17-13(18-12)11-3-1-2-8-15-11/h4-7,11,15H,1-3,8H2/t11-/m0/s1. The maximum absolute atomic E-state index is 5.85. The third-order valence-corrected chi connectivity index (χ3v) is 3.39. The van der Waals surface area contributed by atoms with Crippen molar-refractivity contribution in [2.24, 2.45) is 0 Å². The first-order valence-corrected chi connectivity index (χ1v) is 6.53. The van der Waals surface area contributed by atoms with E-state index < -0.39 is 0 Å². The van der Waals surface area contributed by atoms with Gasteiger partial charge < -0.3 is 9.73 Å². The fourth-order valence-corrected chi connectivity index (χ4v) is 2.27. The zero-order valence-electron chi connectivity index (χ0n) is 9.90. The molecular formula is C13H14ClN3O. The van der Waals surface area contributed by atoms with Crippen molar-refractivity contribution in [3.8, 4) is 11.5 Å². The summed E-state index contributed by atoms with van der Waals surface area (Å²) in [6, 6.07) is 7.61. The molecule has 1 atom stereocenters. The smallest absolute Gasteiger partial charge is 0.247 e. The lowest BCUT2D eigenvalue weighted by Crippen LogP contribution is -2.26. The highest BCUT2D eigenvalue weighted by atomic mass is 35.5. The number of hydrogen-bond donors (Lipinski definition) is 1. The summed E-state index contributed by atoms with van der Waals surface area (Å²) in [5.41, 5.74) is 0.897. The normalized spacial score (nSPS) is 19.9. The van der Waals surface area contributed by atoms with Crippen LogP contribution in [0, 0.1) is 0 Å². The lowest BCUT2D eigenvalue weighted by Gasteiger charge is -2.19. The molecule has 5 heteroatoms. The molecular weight excluding hydrogens is 250 g/mol. The Morgan fingerprint density at radius 3 is 2.72 bits per heavy atom. The van der Waals surface area contributed by atoms with Gasteiger partial charge in [0.1, 0.15) is 0 Å². The van der Waals surface area contributed by atoms with Gasteiger partial charge in [-0.3, -0.25) is 0 Å². The Morgan fingerprint density at radius 1 is 1.17 bits per heavy atom. The molecule has 2 heterocycles. The second-order valence-electron chi connectivity index (χ2n) is 4.45. The van der Waals surface area contributed by atoms with Crippen LogP contribution in [0.15, 0.2) is 28.7 Å². The molecule has 1 aromatic heterocycles. The molecule has 0 bridgehead atoms. The van der Waals surface area contributed by atoms with Gasteiger partial charge in [0.05, 0.1) is 6.04 Å². The quantitative estimate of drug-likeness (QED) is 0.904. The Hall–Kier alpha value is -1.39. The Bertz CT molecular complexity index is 517. The van der Waals surface area contributed by atoms with Crippen LogP contribution < -0.4 is 5.32 Å². The molecule has 0 aliphatic carbocycles. The molecule has 2 aromatic rings. The van der Waals surface area contributed by atoms with Gasteiger partial charge in [0.15, 0.2) is 0 Å². The van der Waals surface area contributed by atoms with Crippen molar-refractivity contribution in [2.45, 2.75) is 25.3 Å². The minimum absolute atomic E-state index is 0.201. The summed E-state index contributed by atoms with van der Waals surface area (Å²) in [4.78, 5) is 0. The Labute approximate surface area is 110 Å². The van der Waals surface area contributed by atoms with E-state index in [1.54, 1.807) is 0 Å². The fourth-order valence-electron chi connectivity index (χ4n) is 2.15. The number of nitrogens with one attached hydrogen (secondary N) is 1. The Morgan fingerprint density at radius 2 is 2.00 bits per heavy atom. The van der Waals surface area contributed by atoms with E-state index in [2.05, 4.69) is 15.5 Å². The molecule has 18 heavy (non-hydrogen) atoms. The molecule has 4 nitrogen and oxygen atoms in total.